The van der Waals surface area contributed by atoms with Crippen LogP contribution in [0.1, 0.15) is 16.7 Å². The average molecular weight is 372 g/mol. The maximum Gasteiger partial charge on any atom is 0.259 e. The second-order valence-electron chi connectivity index (χ2n) is 6.50. The quantitative estimate of drug-likeness (QED) is 0.828. The van der Waals surface area contributed by atoms with Crippen LogP contribution in [0.5, 0.6) is 0 Å². The summed E-state index contributed by atoms with van der Waals surface area (Å²) in [7, 11) is -2.98. The molecule has 1 fully saturated rings. The van der Waals surface area contributed by atoms with Gasteiger partial charge in [0.2, 0.25) is 0 Å². The molecule has 3 rings (SSSR count). The fourth-order valence-electron chi connectivity index (χ4n) is 2.82. The molecule has 0 radical (unpaired) electrons. The van der Waals surface area contributed by atoms with Crippen molar-refractivity contribution in [2.75, 3.05) is 26.3 Å². The summed E-state index contributed by atoms with van der Waals surface area (Å²) in [4.78, 5) is 13.2. The van der Waals surface area contributed by atoms with Crippen molar-refractivity contribution in [3.05, 3.63) is 65.2 Å². The summed E-state index contributed by atoms with van der Waals surface area (Å²) in [6, 6.07) is 15.1. The number of amides is 1. The van der Waals surface area contributed by atoms with Gasteiger partial charge in [0.15, 0.2) is 0 Å². The fourth-order valence-corrected chi connectivity index (χ4v) is 4.81. The third-order valence-corrected chi connectivity index (χ3v) is 6.75. The normalized spacial score (nSPS) is 17.5. The van der Waals surface area contributed by atoms with Crippen LogP contribution in [0.2, 0.25) is 0 Å². The average Bonchev–Trinajstić information content (AvgIpc) is 2.65. The van der Waals surface area contributed by atoms with Crippen molar-refractivity contribution in [2.45, 2.75) is 25.2 Å². The van der Waals surface area contributed by atoms with Gasteiger partial charge in [-0.05, 0) is 31.5 Å². The zero-order chi connectivity index (χ0) is 18.6. The molecular formula is C20H24N2O3S. The Morgan fingerprint density at radius 2 is 1.54 bits per heavy atom. The van der Waals surface area contributed by atoms with E-state index < -0.39 is 9.92 Å². The van der Waals surface area contributed by atoms with E-state index in [2.05, 4.69) is 4.36 Å². The summed E-state index contributed by atoms with van der Waals surface area (Å²) in [6.07, 6.45) is 0.146. The monoisotopic (exact) mass is 372 g/mol. The maximum absolute atomic E-state index is 13.8. The zero-order valence-electron chi connectivity index (χ0n) is 15.2. The predicted molar refractivity (Wildman–Crippen MR) is 102 cm³/mol. The summed E-state index contributed by atoms with van der Waals surface area (Å²) in [5, 5.41) is 0. The molecule has 0 saturated carbocycles. The molecule has 0 aliphatic carbocycles. The van der Waals surface area contributed by atoms with Gasteiger partial charge in [-0.3, -0.25) is 4.79 Å². The van der Waals surface area contributed by atoms with E-state index in [4.69, 9.17) is 4.74 Å². The number of ether oxygens (including phenoxy) is 1. The molecule has 1 amide bonds. The number of hydrogen-bond acceptors (Lipinski definition) is 3. The molecule has 1 atom stereocenters. The van der Waals surface area contributed by atoms with Crippen LogP contribution in [0, 0.1) is 13.8 Å². The van der Waals surface area contributed by atoms with Crippen molar-refractivity contribution < 1.29 is 13.7 Å². The SMILES string of the molecule is Cc1ccc(CC(=O)N=S(=O)(c2ccc(C)cc2)N2CCOCC2)cc1. The Bertz CT molecular complexity index is 876. The van der Waals surface area contributed by atoms with E-state index in [1.807, 2.05) is 50.2 Å². The van der Waals surface area contributed by atoms with Crippen LogP contribution >= 0.6 is 0 Å². The van der Waals surface area contributed by atoms with E-state index in [1.54, 1.807) is 16.4 Å². The van der Waals surface area contributed by atoms with Gasteiger partial charge in [-0.15, -0.1) is 4.36 Å². The van der Waals surface area contributed by atoms with Gasteiger partial charge in [0, 0.05) is 13.1 Å². The lowest BCUT2D eigenvalue weighted by Gasteiger charge is -2.29. The summed E-state index contributed by atoms with van der Waals surface area (Å²) in [5.41, 5.74) is 3.08. The Morgan fingerprint density at radius 1 is 1.00 bits per heavy atom. The summed E-state index contributed by atoms with van der Waals surface area (Å²) < 4.78 is 25.1. The lowest BCUT2D eigenvalue weighted by Crippen LogP contribution is -2.41. The number of benzene rings is 2. The molecule has 0 bridgehead atoms. The molecule has 6 heteroatoms. The third-order valence-electron chi connectivity index (χ3n) is 4.35. The lowest BCUT2D eigenvalue weighted by atomic mass is 10.1. The van der Waals surface area contributed by atoms with Crippen molar-refractivity contribution in [3.8, 4) is 0 Å². The van der Waals surface area contributed by atoms with Crippen LogP contribution in [0.4, 0.5) is 0 Å². The molecule has 2 aromatic carbocycles. The van der Waals surface area contributed by atoms with Gasteiger partial charge >= 0.3 is 0 Å². The molecule has 0 spiro atoms. The first-order valence-corrected chi connectivity index (χ1v) is 10.2. The smallest absolute Gasteiger partial charge is 0.259 e. The second kappa shape index (κ2) is 8.12. The highest BCUT2D eigenvalue weighted by molar-refractivity contribution is 7.91. The van der Waals surface area contributed by atoms with Crippen molar-refractivity contribution in [2.24, 2.45) is 4.36 Å². The van der Waals surface area contributed by atoms with E-state index in [0.717, 1.165) is 16.7 Å². The molecule has 2 aromatic rings. The van der Waals surface area contributed by atoms with E-state index in [0.29, 0.717) is 31.2 Å². The predicted octanol–water partition coefficient (Wildman–Crippen LogP) is 3.15. The van der Waals surface area contributed by atoms with Crippen molar-refractivity contribution >= 4 is 15.8 Å². The van der Waals surface area contributed by atoms with Crippen molar-refractivity contribution in [1.29, 1.82) is 0 Å². The number of aryl methyl sites for hydroxylation is 2. The van der Waals surface area contributed by atoms with Crippen LogP contribution in [0.3, 0.4) is 0 Å². The molecule has 1 heterocycles. The first kappa shape index (κ1) is 18.8. The van der Waals surface area contributed by atoms with E-state index in [1.165, 1.54) is 0 Å². The number of hydrogen-bond donors (Lipinski definition) is 0. The van der Waals surface area contributed by atoms with Gasteiger partial charge in [-0.25, -0.2) is 8.51 Å². The number of rotatable bonds is 4. The number of carbonyl (C=O) groups excluding carboxylic acids is 1. The Hall–Kier alpha value is -2.02. The fraction of sp³-hybridized carbons (Fsp3) is 0.350. The molecule has 1 unspecified atom stereocenters. The van der Waals surface area contributed by atoms with Crippen LogP contribution in [0.25, 0.3) is 0 Å². The Labute approximate surface area is 155 Å². The van der Waals surface area contributed by atoms with Crippen molar-refractivity contribution in [1.82, 2.24) is 4.31 Å². The maximum atomic E-state index is 13.8. The molecule has 1 aliphatic heterocycles. The van der Waals surface area contributed by atoms with Gasteiger partial charge < -0.3 is 4.74 Å². The highest BCUT2D eigenvalue weighted by Crippen LogP contribution is 2.21. The van der Waals surface area contributed by atoms with Crippen LogP contribution in [-0.2, 0) is 25.9 Å². The topological polar surface area (TPSA) is 59.0 Å². The first-order chi connectivity index (χ1) is 12.5. The molecule has 0 aromatic heterocycles. The summed E-state index contributed by atoms with van der Waals surface area (Å²) >= 11 is 0. The largest absolute Gasteiger partial charge is 0.379 e. The van der Waals surface area contributed by atoms with E-state index in [-0.39, 0.29) is 12.3 Å². The molecule has 138 valence electrons. The minimum absolute atomic E-state index is 0.146. The second-order valence-corrected chi connectivity index (χ2v) is 8.66. The van der Waals surface area contributed by atoms with E-state index >= 15 is 0 Å². The van der Waals surface area contributed by atoms with Crippen molar-refractivity contribution in [3.63, 3.8) is 0 Å². The Morgan fingerprint density at radius 3 is 2.12 bits per heavy atom. The highest BCUT2D eigenvalue weighted by atomic mass is 32.2. The Balaban J connectivity index is 1.94. The van der Waals surface area contributed by atoms with Gasteiger partial charge in [-0.1, -0.05) is 47.5 Å². The van der Waals surface area contributed by atoms with Gasteiger partial charge in [0.05, 0.1) is 24.5 Å². The minimum Gasteiger partial charge on any atom is -0.379 e. The third kappa shape index (κ3) is 4.38. The Kier molecular flexibility index (Phi) is 5.86. The van der Waals surface area contributed by atoms with Crippen LogP contribution < -0.4 is 0 Å². The summed E-state index contributed by atoms with van der Waals surface area (Å²) in [5.74, 6) is -0.370. The van der Waals surface area contributed by atoms with Crippen LogP contribution in [0.15, 0.2) is 57.8 Å². The lowest BCUT2D eigenvalue weighted by molar-refractivity contribution is -0.117. The molecular weight excluding hydrogens is 348 g/mol. The molecule has 5 nitrogen and oxygen atoms in total. The standard InChI is InChI=1S/C20H24N2O3S/c1-16-3-7-18(8-4-16)15-20(23)21-26(24,22-11-13-25-14-12-22)19-9-5-17(2)6-10-19/h3-10H,11-15H2,1-2H3. The van der Waals surface area contributed by atoms with Gasteiger partial charge in [-0.2, -0.15) is 0 Å². The number of carbonyl (C=O) groups is 1. The highest BCUT2D eigenvalue weighted by Gasteiger charge is 2.26. The minimum atomic E-state index is -2.98. The van der Waals surface area contributed by atoms with Gasteiger partial charge in [0.25, 0.3) is 5.91 Å². The van der Waals surface area contributed by atoms with Crippen LogP contribution in [-0.4, -0.2) is 40.7 Å². The zero-order valence-corrected chi connectivity index (χ0v) is 16.0. The number of nitrogens with zero attached hydrogens (tertiary/aromatic N) is 2. The van der Waals surface area contributed by atoms with Gasteiger partial charge in [0.1, 0.15) is 9.92 Å². The van der Waals surface area contributed by atoms with E-state index in [9.17, 15) is 9.00 Å². The molecule has 0 N–H and O–H groups in total. The summed E-state index contributed by atoms with van der Waals surface area (Å²) in [6.45, 7) is 5.94. The first-order valence-electron chi connectivity index (χ1n) is 8.72. The molecule has 1 saturated heterocycles. The molecule has 1 aliphatic rings. The molecule has 26 heavy (non-hydrogen) atoms. The number of morpholine rings is 1.